The van der Waals surface area contributed by atoms with Crippen LogP contribution in [0.4, 0.5) is 34.1 Å². The van der Waals surface area contributed by atoms with E-state index in [2.05, 4.69) is 265 Å². The Balaban J connectivity index is 0.733. The highest BCUT2D eigenvalue weighted by molar-refractivity contribution is 6.30. The molecule has 0 bridgehead atoms. The van der Waals surface area contributed by atoms with Gasteiger partial charge in [0, 0.05) is 112 Å². The molecule has 0 saturated heterocycles. The summed E-state index contributed by atoms with van der Waals surface area (Å²) in [5.74, 6) is 0. The van der Waals surface area contributed by atoms with Gasteiger partial charge in [-0.1, -0.05) is 146 Å². The molecule has 0 N–H and O–H groups in total. The van der Waals surface area contributed by atoms with Crippen molar-refractivity contribution in [3.63, 3.8) is 0 Å². The molecule has 83 heavy (non-hydrogen) atoms. The Hall–Kier alpha value is -11.3. The lowest BCUT2D eigenvalue weighted by atomic mass is 9.98. The molecule has 7 nitrogen and oxygen atoms in total. The van der Waals surface area contributed by atoms with Crippen molar-refractivity contribution in [2.24, 2.45) is 0 Å². The number of para-hydroxylation sites is 2. The van der Waals surface area contributed by atoms with Gasteiger partial charge in [-0.05, 0) is 117 Å². The first-order valence-corrected chi connectivity index (χ1v) is 28.0. The molecule has 0 radical (unpaired) electrons. The second-order valence-corrected chi connectivity index (χ2v) is 21.9. The quantitative estimate of drug-likeness (QED) is 0.164. The van der Waals surface area contributed by atoms with E-state index in [4.69, 9.17) is 22.1 Å². The zero-order valence-electron chi connectivity index (χ0n) is 44.2. The van der Waals surface area contributed by atoms with E-state index in [0.717, 1.165) is 165 Å². The van der Waals surface area contributed by atoms with Gasteiger partial charge in [0.1, 0.15) is 55.8 Å². The minimum atomic E-state index is 0.773. The Kier molecular flexibility index (Phi) is 8.93. The van der Waals surface area contributed by atoms with Gasteiger partial charge in [0.05, 0.1) is 11.4 Å². The Morgan fingerprint density at radius 1 is 0.181 bits per heavy atom. The Morgan fingerprint density at radius 2 is 0.506 bits per heavy atom. The van der Waals surface area contributed by atoms with Gasteiger partial charge in [-0.25, -0.2) is 0 Å². The van der Waals surface area contributed by atoms with Gasteiger partial charge in [0.25, 0.3) is 0 Å². The second kappa shape index (κ2) is 16.6. The average Bonchev–Trinajstić information content (AvgIpc) is 4.49. The average molecular weight is 1060 g/mol. The number of anilines is 6. The van der Waals surface area contributed by atoms with Gasteiger partial charge in [0.2, 0.25) is 0 Å². The van der Waals surface area contributed by atoms with E-state index in [1.54, 1.807) is 0 Å². The first-order valence-electron chi connectivity index (χ1n) is 28.0. The smallest absolute Gasteiger partial charge is 0.138 e. The molecule has 0 aliphatic heterocycles. The highest BCUT2D eigenvalue weighted by Crippen LogP contribution is 2.50. The van der Waals surface area contributed by atoms with Gasteiger partial charge in [-0.3, -0.25) is 0 Å². The summed E-state index contributed by atoms with van der Waals surface area (Å²) in [7, 11) is 0. The van der Waals surface area contributed by atoms with Crippen LogP contribution in [-0.4, -0.2) is 0 Å². The highest BCUT2D eigenvalue weighted by Gasteiger charge is 2.26. The summed E-state index contributed by atoms with van der Waals surface area (Å²) in [4.78, 5) is 4.62. The summed E-state index contributed by atoms with van der Waals surface area (Å²) in [6.07, 6.45) is 0. The van der Waals surface area contributed by atoms with Crippen molar-refractivity contribution in [1.29, 1.82) is 0 Å². The van der Waals surface area contributed by atoms with Crippen LogP contribution in [0.5, 0.6) is 0 Å². The fourth-order valence-corrected chi connectivity index (χ4v) is 13.7. The standard InChI is InChI=1S/C76H42N2O5/c1-3-17-45(18-4-1)77(61-41-71-75(55-25-13-11-23-51(55)61)73-49-21-9-7-15-43(49)27-33-63(73)79-71)47-29-31-53-57-37-69-59(39-67(57)81-65(53)35-47)60-40-68-58(38-70(60)83-69)54-32-30-48(36-66(54)82-68)78(46-19-5-2-6-20-46)62-42-72-76(56-26-14-12-24-52(56)62)74-50-22-10-8-16-44(50)28-34-64(74)80-72/h1-42H. The van der Waals surface area contributed by atoms with Crippen LogP contribution in [0.15, 0.2) is 277 Å². The Bertz CT molecular complexity index is 5600. The maximum atomic E-state index is 6.89. The number of hydrogen-bond donors (Lipinski definition) is 0. The van der Waals surface area contributed by atoms with Crippen LogP contribution in [0.3, 0.4) is 0 Å². The van der Waals surface area contributed by atoms with Crippen LogP contribution < -0.4 is 9.80 Å². The molecule has 0 aliphatic rings. The van der Waals surface area contributed by atoms with E-state index >= 15 is 0 Å². The molecule has 19 rings (SSSR count). The summed E-state index contributed by atoms with van der Waals surface area (Å²) < 4.78 is 34.1. The normalized spacial score (nSPS) is 12.3. The molecule has 0 aliphatic carbocycles. The van der Waals surface area contributed by atoms with E-state index in [0.29, 0.717) is 0 Å². The zero-order chi connectivity index (χ0) is 54.0. The summed E-state index contributed by atoms with van der Waals surface area (Å²) in [6, 6.07) is 89.8. The predicted molar refractivity (Wildman–Crippen MR) is 342 cm³/mol. The van der Waals surface area contributed by atoms with Crippen LogP contribution in [0.25, 0.3) is 153 Å². The van der Waals surface area contributed by atoms with Crippen molar-refractivity contribution < 1.29 is 22.1 Å². The molecule has 0 unspecified atom stereocenters. The van der Waals surface area contributed by atoms with E-state index in [1.165, 1.54) is 21.5 Å². The Labute approximate surface area is 471 Å². The van der Waals surface area contributed by atoms with Gasteiger partial charge < -0.3 is 31.9 Å². The van der Waals surface area contributed by atoms with Crippen LogP contribution >= 0.6 is 0 Å². The van der Waals surface area contributed by atoms with Crippen molar-refractivity contribution >= 4 is 187 Å². The molecule has 0 spiro atoms. The monoisotopic (exact) mass is 1060 g/mol. The number of fused-ring (bicyclic) bond motifs is 23. The first-order chi connectivity index (χ1) is 41.1. The number of rotatable bonds is 6. The lowest BCUT2D eigenvalue weighted by Gasteiger charge is -2.27. The van der Waals surface area contributed by atoms with Crippen LogP contribution in [0.1, 0.15) is 0 Å². The molecule has 386 valence electrons. The van der Waals surface area contributed by atoms with Crippen molar-refractivity contribution in [3.8, 4) is 0 Å². The molecule has 0 saturated carbocycles. The van der Waals surface area contributed by atoms with Gasteiger partial charge >= 0.3 is 0 Å². The van der Waals surface area contributed by atoms with Gasteiger partial charge in [-0.2, -0.15) is 0 Å². The van der Waals surface area contributed by atoms with E-state index in [-0.39, 0.29) is 0 Å². The molecule has 5 aromatic heterocycles. The third-order valence-electron chi connectivity index (χ3n) is 17.3. The third kappa shape index (κ3) is 6.38. The van der Waals surface area contributed by atoms with Crippen LogP contribution in [-0.2, 0) is 0 Å². The molecule has 5 heterocycles. The maximum Gasteiger partial charge on any atom is 0.138 e. The SMILES string of the molecule is c1ccc(N(c2ccc3c(c2)oc2cc4c(cc23)oc2cc3c(cc24)oc2cc(N(c4ccccc4)c4cc5oc6ccc7ccccc7c6c5c5ccccc45)ccc23)c2cc3oc4ccc5ccccc5c4c3c3ccccc23)cc1. The lowest BCUT2D eigenvalue weighted by molar-refractivity contribution is 0.662. The lowest BCUT2D eigenvalue weighted by Crippen LogP contribution is -2.10. The van der Waals surface area contributed by atoms with Crippen LogP contribution in [0.2, 0.25) is 0 Å². The van der Waals surface area contributed by atoms with Crippen molar-refractivity contribution in [2.75, 3.05) is 9.80 Å². The highest BCUT2D eigenvalue weighted by atomic mass is 16.3. The fraction of sp³-hybridized carbons (Fsp3) is 0. The van der Waals surface area contributed by atoms with Crippen molar-refractivity contribution in [2.45, 2.75) is 0 Å². The molecule has 0 atom stereocenters. The summed E-state index contributed by atoms with van der Waals surface area (Å²) in [6.45, 7) is 0. The van der Waals surface area contributed by atoms with Crippen LogP contribution in [0, 0.1) is 0 Å². The largest absolute Gasteiger partial charge is 0.456 e. The molecule has 0 fully saturated rings. The summed E-state index contributed by atoms with van der Waals surface area (Å²) in [5.41, 5.74) is 14.0. The van der Waals surface area contributed by atoms with Crippen molar-refractivity contribution in [1.82, 2.24) is 0 Å². The van der Waals surface area contributed by atoms with E-state index in [9.17, 15) is 0 Å². The molecule has 0 amide bonds. The van der Waals surface area contributed by atoms with Crippen molar-refractivity contribution in [3.05, 3.63) is 255 Å². The minimum Gasteiger partial charge on any atom is -0.456 e. The number of benzene rings is 14. The maximum absolute atomic E-state index is 6.89. The molecular weight excluding hydrogens is 1020 g/mol. The summed E-state index contributed by atoms with van der Waals surface area (Å²) in [5, 5.41) is 19.6. The first kappa shape index (κ1) is 44.6. The Morgan fingerprint density at radius 3 is 0.928 bits per heavy atom. The van der Waals surface area contributed by atoms with E-state index in [1.807, 2.05) is 0 Å². The minimum absolute atomic E-state index is 0.773. The zero-order valence-corrected chi connectivity index (χ0v) is 44.2. The predicted octanol–water partition coefficient (Wildman–Crippen LogP) is 22.7. The summed E-state index contributed by atoms with van der Waals surface area (Å²) >= 11 is 0. The second-order valence-electron chi connectivity index (χ2n) is 21.9. The number of furan rings is 5. The fourth-order valence-electron chi connectivity index (χ4n) is 13.7. The molecule has 19 aromatic rings. The number of nitrogens with zero attached hydrogens (tertiary/aromatic N) is 2. The molecule has 7 heteroatoms. The van der Waals surface area contributed by atoms with Gasteiger partial charge in [0.15, 0.2) is 0 Å². The number of hydrogen-bond acceptors (Lipinski definition) is 7. The molecular formula is C76H42N2O5. The molecule has 14 aromatic carbocycles. The third-order valence-corrected chi connectivity index (χ3v) is 17.3. The van der Waals surface area contributed by atoms with Gasteiger partial charge in [-0.15, -0.1) is 0 Å². The van der Waals surface area contributed by atoms with E-state index < -0.39 is 0 Å². The topological polar surface area (TPSA) is 72.2 Å².